The van der Waals surface area contributed by atoms with E-state index >= 15 is 0 Å². The third-order valence-electron chi connectivity index (χ3n) is 1.58. The van der Waals surface area contributed by atoms with Crippen molar-refractivity contribution in [3.05, 3.63) is 12.2 Å². The lowest BCUT2D eigenvalue weighted by Gasteiger charge is -2.12. The maximum atomic E-state index is 11.4. The van der Waals surface area contributed by atoms with Crippen LogP contribution in [0.5, 0.6) is 0 Å². The third kappa shape index (κ3) is 6.85. The van der Waals surface area contributed by atoms with E-state index in [1.807, 2.05) is 0 Å². The minimum atomic E-state index is -0.694. The second kappa shape index (κ2) is 5.66. The Bertz CT molecular complexity index is 258. The van der Waals surface area contributed by atoms with Gasteiger partial charge in [0, 0.05) is 11.5 Å². The summed E-state index contributed by atoms with van der Waals surface area (Å²) in [6, 6.07) is 0. The van der Waals surface area contributed by atoms with Gasteiger partial charge in [-0.05, 0) is 13.0 Å². The number of hydrogen-bond donors (Lipinski definition) is 1. The molecule has 0 amide bonds. The van der Waals surface area contributed by atoms with E-state index in [-0.39, 0.29) is 12.4 Å². The zero-order valence-corrected chi connectivity index (χ0v) is 9.61. The largest absolute Gasteiger partial charge is 0.460 e. The highest BCUT2D eigenvalue weighted by atomic mass is 16.5. The number of carbonyl (C=O) groups is 2. The summed E-state index contributed by atoms with van der Waals surface area (Å²) in [4.78, 5) is 22.4. The summed E-state index contributed by atoms with van der Waals surface area (Å²) < 4.78 is 4.64. The van der Waals surface area contributed by atoms with Crippen LogP contribution >= 0.6 is 0 Å². The minimum absolute atomic E-state index is 0.0626. The Morgan fingerprint density at radius 3 is 2.27 bits per heavy atom. The lowest BCUT2D eigenvalue weighted by molar-refractivity contribution is -0.140. The van der Waals surface area contributed by atoms with Crippen LogP contribution in [0, 0.1) is 5.41 Å². The molecule has 0 saturated carbocycles. The van der Waals surface area contributed by atoms with E-state index in [2.05, 4.69) is 4.74 Å². The number of ether oxygens (including phenoxy) is 1. The molecule has 0 aromatic rings. The molecule has 0 bridgehead atoms. The van der Waals surface area contributed by atoms with E-state index in [9.17, 15) is 9.59 Å². The van der Waals surface area contributed by atoms with Gasteiger partial charge in [0.1, 0.15) is 6.61 Å². The van der Waals surface area contributed by atoms with Gasteiger partial charge in [0.25, 0.3) is 0 Å². The monoisotopic (exact) mass is 214 g/mol. The summed E-state index contributed by atoms with van der Waals surface area (Å²) in [7, 11) is 0. The van der Waals surface area contributed by atoms with E-state index in [1.165, 1.54) is 13.0 Å². The Balaban J connectivity index is 4.07. The summed E-state index contributed by atoms with van der Waals surface area (Å²) >= 11 is 0. The van der Waals surface area contributed by atoms with Crippen LogP contribution in [0.2, 0.25) is 0 Å². The first-order valence-corrected chi connectivity index (χ1v) is 4.81. The van der Waals surface area contributed by atoms with Crippen LogP contribution in [0.3, 0.4) is 0 Å². The summed E-state index contributed by atoms with van der Waals surface area (Å²) in [5.41, 5.74) is -0.499. The number of ketones is 1. The highest BCUT2D eigenvalue weighted by Crippen LogP contribution is 2.14. The zero-order valence-electron chi connectivity index (χ0n) is 9.61. The molecule has 86 valence electrons. The molecule has 0 aromatic carbocycles. The summed E-state index contributed by atoms with van der Waals surface area (Å²) in [6.07, 6.45) is 1.58. The maximum Gasteiger partial charge on any atom is 0.330 e. The highest BCUT2D eigenvalue weighted by molar-refractivity contribution is 5.98. The van der Waals surface area contributed by atoms with Crippen molar-refractivity contribution in [2.75, 3.05) is 6.61 Å². The lowest BCUT2D eigenvalue weighted by Crippen LogP contribution is -2.18. The summed E-state index contributed by atoms with van der Waals surface area (Å²) in [5, 5.41) is 8.84. The van der Waals surface area contributed by atoms with Gasteiger partial charge in [-0.1, -0.05) is 20.8 Å². The van der Waals surface area contributed by atoms with Crippen molar-refractivity contribution in [1.82, 2.24) is 0 Å². The predicted molar refractivity (Wildman–Crippen MR) is 56.2 cm³/mol. The van der Waals surface area contributed by atoms with Gasteiger partial charge in [-0.25, -0.2) is 4.79 Å². The van der Waals surface area contributed by atoms with Crippen LogP contribution in [-0.2, 0) is 14.3 Å². The smallest absolute Gasteiger partial charge is 0.330 e. The van der Waals surface area contributed by atoms with Gasteiger partial charge in [-0.15, -0.1) is 0 Å². The molecule has 15 heavy (non-hydrogen) atoms. The van der Waals surface area contributed by atoms with Gasteiger partial charge in [-0.2, -0.15) is 0 Å². The zero-order chi connectivity index (χ0) is 12.1. The fourth-order valence-corrected chi connectivity index (χ4v) is 0.645. The Morgan fingerprint density at radius 2 is 1.87 bits per heavy atom. The quantitative estimate of drug-likeness (QED) is 0.562. The molecular weight excluding hydrogens is 196 g/mol. The van der Waals surface area contributed by atoms with Crippen molar-refractivity contribution in [3.8, 4) is 0 Å². The molecule has 4 nitrogen and oxygen atoms in total. The second-order valence-corrected chi connectivity index (χ2v) is 4.43. The van der Waals surface area contributed by atoms with Gasteiger partial charge in [0.15, 0.2) is 5.78 Å². The molecule has 0 spiro atoms. The van der Waals surface area contributed by atoms with Crippen molar-refractivity contribution in [3.63, 3.8) is 0 Å². The van der Waals surface area contributed by atoms with Gasteiger partial charge in [-0.3, -0.25) is 4.79 Å². The lowest BCUT2D eigenvalue weighted by atomic mass is 9.91. The van der Waals surface area contributed by atoms with Crippen molar-refractivity contribution < 1.29 is 19.4 Å². The van der Waals surface area contributed by atoms with E-state index in [0.29, 0.717) is 0 Å². The van der Waals surface area contributed by atoms with Crippen LogP contribution < -0.4 is 0 Å². The molecule has 1 unspecified atom stereocenters. The van der Waals surface area contributed by atoms with Crippen molar-refractivity contribution in [2.24, 2.45) is 5.41 Å². The molecular formula is C11H18O4. The van der Waals surface area contributed by atoms with Crippen LogP contribution in [0.1, 0.15) is 27.7 Å². The molecule has 1 N–H and O–H groups in total. The molecule has 0 fully saturated rings. The number of hydrogen-bond acceptors (Lipinski definition) is 4. The Hall–Kier alpha value is -1.16. The third-order valence-corrected chi connectivity index (χ3v) is 1.58. The number of allylic oxidation sites excluding steroid dienone is 1. The van der Waals surface area contributed by atoms with Gasteiger partial charge in [0.05, 0.1) is 6.10 Å². The Labute approximate surface area is 89.9 Å². The molecule has 0 heterocycles. The Morgan fingerprint density at radius 1 is 1.33 bits per heavy atom. The number of carbonyl (C=O) groups excluding carboxylic acids is 2. The molecule has 4 heteroatoms. The number of rotatable bonds is 4. The fourth-order valence-electron chi connectivity index (χ4n) is 0.645. The summed E-state index contributed by atoms with van der Waals surface area (Å²) in [5.74, 6) is -0.759. The van der Waals surface area contributed by atoms with E-state index in [0.717, 1.165) is 6.08 Å². The summed E-state index contributed by atoms with van der Waals surface area (Å²) in [6.45, 7) is 6.74. The van der Waals surface area contributed by atoms with E-state index < -0.39 is 17.5 Å². The van der Waals surface area contributed by atoms with E-state index in [4.69, 9.17) is 5.11 Å². The van der Waals surface area contributed by atoms with Crippen LogP contribution in [0.4, 0.5) is 0 Å². The molecule has 0 aromatic heterocycles. The number of aliphatic hydroxyl groups is 1. The SMILES string of the molecule is CC(O)COC(=O)/C=C\C(=O)C(C)(C)C. The maximum absolute atomic E-state index is 11.4. The van der Waals surface area contributed by atoms with Crippen molar-refractivity contribution in [2.45, 2.75) is 33.8 Å². The molecule has 1 atom stereocenters. The van der Waals surface area contributed by atoms with E-state index in [1.54, 1.807) is 20.8 Å². The van der Waals surface area contributed by atoms with Gasteiger partial charge in [0.2, 0.25) is 0 Å². The minimum Gasteiger partial charge on any atom is -0.460 e. The van der Waals surface area contributed by atoms with Crippen molar-refractivity contribution >= 4 is 11.8 Å². The first kappa shape index (κ1) is 13.8. The normalized spacial score (nSPS) is 13.9. The average Bonchev–Trinajstić information content (AvgIpc) is 2.09. The standard InChI is InChI=1S/C11H18O4/c1-8(12)7-15-10(14)6-5-9(13)11(2,3)4/h5-6,8,12H,7H2,1-4H3/b6-5-. The Kier molecular flexibility index (Phi) is 5.22. The second-order valence-electron chi connectivity index (χ2n) is 4.43. The van der Waals surface area contributed by atoms with Crippen molar-refractivity contribution in [1.29, 1.82) is 0 Å². The average molecular weight is 214 g/mol. The van der Waals surface area contributed by atoms with Gasteiger partial charge < -0.3 is 9.84 Å². The fraction of sp³-hybridized carbons (Fsp3) is 0.636. The molecule has 0 aliphatic carbocycles. The molecule has 0 radical (unpaired) electrons. The molecule has 0 saturated heterocycles. The highest BCUT2D eigenvalue weighted by Gasteiger charge is 2.18. The number of esters is 1. The molecule has 0 aliphatic heterocycles. The molecule has 0 rings (SSSR count). The number of aliphatic hydroxyl groups excluding tert-OH is 1. The first-order valence-electron chi connectivity index (χ1n) is 4.81. The topological polar surface area (TPSA) is 63.6 Å². The predicted octanol–water partition coefficient (Wildman–Crippen LogP) is 1.08. The van der Waals surface area contributed by atoms with Gasteiger partial charge >= 0.3 is 5.97 Å². The first-order chi connectivity index (χ1) is 6.73. The van der Waals surface area contributed by atoms with Crippen LogP contribution in [0.25, 0.3) is 0 Å². The molecule has 0 aliphatic rings. The van der Waals surface area contributed by atoms with Crippen LogP contribution in [-0.4, -0.2) is 29.6 Å². The van der Waals surface area contributed by atoms with Crippen LogP contribution in [0.15, 0.2) is 12.2 Å².